The van der Waals surface area contributed by atoms with Gasteiger partial charge in [-0.15, -0.1) is 11.3 Å². The Kier molecular flexibility index (Phi) is 3.18. The molecule has 1 saturated heterocycles. The lowest BCUT2D eigenvalue weighted by Gasteiger charge is -2.11. The van der Waals surface area contributed by atoms with Crippen molar-refractivity contribution in [2.45, 2.75) is 26.0 Å². The van der Waals surface area contributed by atoms with Gasteiger partial charge in [0, 0.05) is 9.75 Å². The SMILES string of the molecule is CCc1ccc(CN2C[C@@H](O)CO2)s1. The Morgan fingerprint density at radius 1 is 1.57 bits per heavy atom. The molecule has 1 fully saturated rings. The number of thiophene rings is 1. The van der Waals surface area contributed by atoms with Crippen molar-refractivity contribution in [3.63, 3.8) is 0 Å². The summed E-state index contributed by atoms with van der Waals surface area (Å²) in [4.78, 5) is 8.01. The first-order valence-corrected chi connectivity index (χ1v) is 5.73. The van der Waals surface area contributed by atoms with Crippen molar-refractivity contribution in [3.05, 3.63) is 21.9 Å². The van der Waals surface area contributed by atoms with Crippen molar-refractivity contribution in [1.82, 2.24) is 5.06 Å². The normalized spacial score (nSPS) is 23.1. The zero-order valence-electron chi connectivity index (χ0n) is 8.27. The molecule has 0 radical (unpaired) electrons. The van der Waals surface area contributed by atoms with Gasteiger partial charge in [0.1, 0.15) is 0 Å². The van der Waals surface area contributed by atoms with E-state index in [0.29, 0.717) is 13.2 Å². The second-order valence-electron chi connectivity index (χ2n) is 3.49. The Labute approximate surface area is 87.9 Å². The number of aliphatic hydroxyl groups excluding tert-OH is 1. The van der Waals surface area contributed by atoms with E-state index in [2.05, 4.69) is 19.1 Å². The summed E-state index contributed by atoms with van der Waals surface area (Å²) < 4.78 is 0. The largest absolute Gasteiger partial charge is 0.389 e. The molecule has 1 atom stereocenters. The molecule has 2 rings (SSSR count). The van der Waals surface area contributed by atoms with Crippen LogP contribution in [0.3, 0.4) is 0 Å². The van der Waals surface area contributed by atoms with Crippen LogP contribution < -0.4 is 0 Å². The molecule has 0 unspecified atom stereocenters. The molecule has 3 nitrogen and oxygen atoms in total. The zero-order chi connectivity index (χ0) is 9.97. The Bertz CT molecular complexity index is 300. The van der Waals surface area contributed by atoms with Gasteiger partial charge in [0.2, 0.25) is 0 Å². The fourth-order valence-electron chi connectivity index (χ4n) is 1.51. The van der Waals surface area contributed by atoms with Crippen LogP contribution in [0, 0.1) is 0 Å². The van der Waals surface area contributed by atoms with Gasteiger partial charge < -0.3 is 5.11 Å². The van der Waals surface area contributed by atoms with Crippen LogP contribution >= 0.6 is 11.3 Å². The summed E-state index contributed by atoms with van der Waals surface area (Å²) in [6.07, 6.45) is 0.773. The second-order valence-corrected chi connectivity index (χ2v) is 4.75. The van der Waals surface area contributed by atoms with Crippen molar-refractivity contribution < 1.29 is 9.94 Å². The smallest absolute Gasteiger partial charge is 0.0958 e. The molecular formula is C10H15NO2S. The number of aryl methyl sites for hydroxylation is 1. The lowest BCUT2D eigenvalue weighted by molar-refractivity contribution is -0.117. The van der Waals surface area contributed by atoms with E-state index >= 15 is 0 Å². The third kappa shape index (κ3) is 2.33. The van der Waals surface area contributed by atoms with E-state index in [1.165, 1.54) is 9.75 Å². The minimum Gasteiger partial charge on any atom is -0.389 e. The predicted octanol–water partition coefficient (Wildman–Crippen LogP) is 1.42. The van der Waals surface area contributed by atoms with E-state index < -0.39 is 0 Å². The Morgan fingerprint density at radius 2 is 2.36 bits per heavy atom. The van der Waals surface area contributed by atoms with Gasteiger partial charge in [-0.1, -0.05) is 6.92 Å². The lowest BCUT2D eigenvalue weighted by atomic mass is 10.3. The predicted molar refractivity (Wildman–Crippen MR) is 56.1 cm³/mol. The zero-order valence-corrected chi connectivity index (χ0v) is 9.09. The number of nitrogens with zero attached hydrogens (tertiary/aromatic N) is 1. The molecule has 14 heavy (non-hydrogen) atoms. The second kappa shape index (κ2) is 4.40. The van der Waals surface area contributed by atoms with E-state index in [9.17, 15) is 5.11 Å². The number of rotatable bonds is 3. The summed E-state index contributed by atoms with van der Waals surface area (Å²) in [5.41, 5.74) is 0. The lowest BCUT2D eigenvalue weighted by Crippen LogP contribution is -2.19. The summed E-state index contributed by atoms with van der Waals surface area (Å²) in [5.74, 6) is 0. The van der Waals surface area contributed by atoms with Crippen LogP contribution in [-0.2, 0) is 17.8 Å². The summed E-state index contributed by atoms with van der Waals surface area (Å²) in [7, 11) is 0. The average Bonchev–Trinajstić information content (AvgIpc) is 2.76. The molecule has 1 N–H and O–H groups in total. The highest BCUT2D eigenvalue weighted by atomic mass is 32.1. The van der Waals surface area contributed by atoms with Gasteiger partial charge in [-0.3, -0.25) is 4.84 Å². The van der Waals surface area contributed by atoms with Crippen molar-refractivity contribution in [2.75, 3.05) is 13.2 Å². The molecule has 78 valence electrons. The third-order valence-electron chi connectivity index (χ3n) is 2.26. The quantitative estimate of drug-likeness (QED) is 0.824. The molecule has 4 heteroatoms. The van der Waals surface area contributed by atoms with Gasteiger partial charge >= 0.3 is 0 Å². The highest BCUT2D eigenvalue weighted by Crippen LogP contribution is 2.20. The molecule has 0 saturated carbocycles. The van der Waals surface area contributed by atoms with E-state index in [0.717, 1.165) is 13.0 Å². The fraction of sp³-hybridized carbons (Fsp3) is 0.600. The fourth-order valence-corrected chi connectivity index (χ4v) is 2.48. The van der Waals surface area contributed by atoms with Crippen LogP contribution in [0.25, 0.3) is 0 Å². The van der Waals surface area contributed by atoms with Gasteiger partial charge in [0.05, 0.1) is 25.8 Å². The molecule has 1 aromatic rings. The highest BCUT2D eigenvalue weighted by Gasteiger charge is 2.21. The van der Waals surface area contributed by atoms with Gasteiger partial charge in [-0.05, 0) is 18.6 Å². The minimum absolute atomic E-state index is 0.319. The maximum absolute atomic E-state index is 9.27. The highest BCUT2D eigenvalue weighted by molar-refractivity contribution is 7.11. The topological polar surface area (TPSA) is 32.7 Å². The number of hydrogen-bond donors (Lipinski definition) is 1. The maximum atomic E-state index is 9.27. The average molecular weight is 213 g/mol. The number of hydroxylamine groups is 2. The third-order valence-corrected chi connectivity index (χ3v) is 3.48. The Balaban J connectivity index is 1.90. The molecule has 0 aliphatic carbocycles. The van der Waals surface area contributed by atoms with E-state index in [4.69, 9.17) is 4.84 Å². The standard InChI is InChI=1S/C10H15NO2S/c1-2-9-3-4-10(14-9)6-11-5-8(12)7-13-11/h3-4,8,12H,2,5-7H2,1H3/t8-/m1/s1. The molecule has 0 amide bonds. The van der Waals surface area contributed by atoms with Crippen LogP contribution in [-0.4, -0.2) is 29.4 Å². The summed E-state index contributed by atoms with van der Waals surface area (Å²) in [6, 6.07) is 4.30. The number of hydrogen-bond acceptors (Lipinski definition) is 4. The monoisotopic (exact) mass is 213 g/mol. The Hall–Kier alpha value is -0.420. The van der Waals surface area contributed by atoms with Crippen molar-refractivity contribution >= 4 is 11.3 Å². The first-order valence-electron chi connectivity index (χ1n) is 4.91. The van der Waals surface area contributed by atoms with Crippen LogP contribution in [0.5, 0.6) is 0 Å². The first kappa shape index (κ1) is 10.1. The molecular weight excluding hydrogens is 198 g/mol. The molecule has 1 aliphatic heterocycles. The van der Waals surface area contributed by atoms with Crippen LogP contribution in [0.1, 0.15) is 16.7 Å². The minimum atomic E-state index is -0.319. The molecule has 0 spiro atoms. The maximum Gasteiger partial charge on any atom is 0.0958 e. The molecule has 1 aromatic heterocycles. The molecule has 1 aliphatic rings. The van der Waals surface area contributed by atoms with Gasteiger partial charge in [-0.25, -0.2) is 0 Å². The Morgan fingerprint density at radius 3 is 2.93 bits per heavy atom. The molecule has 0 bridgehead atoms. The van der Waals surface area contributed by atoms with Crippen LogP contribution in [0.15, 0.2) is 12.1 Å². The molecule has 0 aromatic carbocycles. The van der Waals surface area contributed by atoms with E-state index in [1.54, 1.807) is 0 Å². The van der Waals surface area contributed by atoms with Crippen molar-refractivity contribution in [1.29, 1.82) is 0 Å². The van der Waals surface area contributed by atoms with Gasteiger partial charge in [0.25, 0.3) is 0 Å². The molecule has 2 heterocycles. The van der Waals surface area contributed by atoms with E-state index in [-0.39, 0.29) is 6.10 Å². The van der Waals surface area contributed by atoms with E-state index in [1.807, 2.05) is 16.4 Å². The summed E-state index contributed by atoms with van der Waals surface area (Å²) >= 11 is 1.82. The number of aliphatic hydroxyl groups is 1. The van der Waals surface area contributed by atoms with Crippen LogP contribution in [0.2, 0.25) is 0 Å². The van der Waals surface area contributed by atoms with Crippen molar-refractivity contribution in [2.24, 2.45) is 0 Å². The number of β-amino-alcohol motifs (C(OH)–C–C–N with tert-alkyl or cyclic N) is 1. The van der Waals surface area contributed by atoms with Gasteiger partial charge in [-0.2, -0.15) is 5.06 Å². The summed E-state index contributed by atoms with van der Waals surface area (Å²) in [6.45, 7) is 4.01. The first-order chi connectivity index (χ1) is 6.78. The van der Waals surface area contributed by atoms with Crippen molar-refractivity contribution in [3.8, 4) is 0 Å². The summed E-state index contributed by atoms with van der Waals surface area (Å²) in [5, 5.41) is 11.1. The van der Waals surface area contributed by atoms with Crippen LogP contribution in [0.4, 0.5) is 0 Å². The van der Waals surface area contributed by atoms with Gasteiger partial charge in [0.15, 0.2) is 0 Å².